The van der Waals surface area contributed by atoms with E-state index in [1.807, 2.05) is 6.08 Å². The molecule has 68 heavy (non-hydrogen) atoms. The van der Waals surface area contributed by atoms with Crippen LogP contribution in [0, 0.1) is 0 Å². The third-order valence-electron chi connectivity index (χ3n) is 13.5. The zero-order valence-electron chi connectivity index (χ0n) is 45.3. The normalized spacial score (nSPS) is 12.9. The number of rotatable bonds is 55. The second-order valence-corrected chi connectivity index (χ2v) is 20.3. The lowest BCUT2D eigenvalue weighted by atomic mass is 10.0. The minimum atomic E-state index is -0.847. The maximum atomic E-state index is 12.4. The summed E-state index contributed by atoms with van der Waals surface area (Å²) in [6, 6.07) is -0.631. The van der Waals surface area contributed by atoms with Gasteiger partial charge in [-0.3, -0.25) is 9.59 Å². The zero-order valence-corrected chi connectivity index (χ0v) is 45.3. The molecular formula is C62H115NO5. The number of carbonyl (C=O) groups is 2. The largest absolute Gasteiger partial charge is 0.466 e. The van der Waals surface area contributed by atoms with E-state index in [1.165, 1.54) is 231 Å². The monoisotopic (exact) mass is 954 g/mol. The first-order chi connectivity index (χ1) is 33.5. The van der Waals surface area contributed by atoms with Crippen LogP contribution in [0.25, 0.3) is 0 Å². The van der Waals surface area contributed by atoms with Crippen LogP contribution in [0.4, 0.5) is 0 Å². The summed E-state index contributed by atoms with van der Waals surface area (Å²) >= 11 is 0. The first-order valence-electron chi connectivity index (χ1n) is 29.9. The van der Waals surface area contributed by atoms with Crippen molar-refractivity contribution in [2.75, 3.05) is 13.2 Å². The summed E-state index contributed by atoms with van der Waals surface area (Å²) in [4.78, 5) is 24.5. The molecule has 0 rings (SSSR count). The van der Waals surface area contributed by atoms with Gasteiger partial charge in [-0.15, -0.1) is 0 Å². The molecule has 2 unspecified atom stereocenters. The fraction of sp³-hybridized carbons (Fsp3) is 0.839. The van der Waals surface area contributed by atoms with E-state index in [-0.39, 0.29) is 18.5 Å². The van der Waals surface area contributed by atoms with Crippen LogP contribution in [-0.4, -0.2) is 47.4 Å². The van der Waals surface area contributed by atoms with Crippen LogP contribution in [0.15, 0.2) is 48.6 Å². The highest BCUT2D eigenvalue weighted by atomic mass is 16.5. The highest BCUT2D eigenvalue weighted by molar-refractivity contribution is 5.76. The van der Waals surface area contributed by atoms with Gasteiger partial charge in [0.05, 0.1) is 25.4 Å². The number of amides is 1. The second kappa shape index (κ2) is 57.4. The predicted octanol–water partition coefficient (Wildman–Crippen LogP) is 18.6. The van der Waals surface area contributed by atoms with Gasteiger partial charge in [-0.25, -0.2) is 0 Å². The molecule has 0 aliphatic carbocycles. The van der Waals surface area contributed by atoms with E-state index in [2.05, 4.69) is 55.6 Å². The zero-order chi connectivity index (χ0) is 49.3. The summed E-state index contributed by atoms with van der Waals surface area (Å²) in [6.07, 6.45) is 72.9. The van der Waals surface area contributed by atoms with E-state index in [0.717, 1.165) is 51.4 Å². The first-order valence-corrected chi connectivity index (χ1v) is 29.9. The minimum Gasteiger partial charge on any atom is -0.466 e. The highest BCUT2D eigenvalue weighted by Gasteiger charge is 2.18. The standard InChI is InChI=1S/C62H115NO5/c1-3-5-7-9-11-13-15-17-31-34-38-42-46-50-54-60(65)59(58-64)63-61(66)55-51-47-43-39-35-32-28-26-24-22-20-18-19-21-23-25-27-29-33-37-41-45-49-53-57-68-62(67)56-52-48-44-40-36-30-16-14-12-10-8-6-4-2/h8,10,14,16,20,22,50,54,59-60,64-65H,3-7,9,11-13,15,17-19,21,23-49,51-53,55-58H2,1-2H3,(H,63,66)/b10-8-,16-14-,22-20-,54-50+. The molecule has 6 heteroatoms. The first kappa shape index (κ1) is 65.8. The minimum absolute atomic E-state index is 0.00386. The van der Waals surface area contributed by atoms with Crippen molar-refractivity contribution >= 4 is 11.9 Å². The summed E-state index contributed by atoms with van der Waals surface area (Å²) in [5.41, 5.74) is 0. The van der Waals surface area contributed by atoms with Gasteiger partial charge in [-0.2, -0.15) is 0 Å². The average Bonchev–Trinajstić information content (AvgIpc) is 3.34. The van der Waals surface area contributed by atoms with Gasteiger partial charge < -0.3 is 20.3 Å². The fourth-order valence-corrected chi connectivity index (χ4v) is 8.96. The lowest BCUT2D eigenvalue weighted by molar-refractivity contribution is -0.143. The van der Waals surface area contributed by atoms with E-state index >= 15 is 0 Å². The van der Waals surface area contributed by atoms with Crippen molar-refractivity contribution in [3.8, 4) is 0 Å². The molecule has 0 radical (unpaired) electrons. The molecule has 0 aromatic heterocycles. The maximum Gasteiger partial charge on any atom is 0.305 e. The fourth-order valence-electron chi connectivity index (χ4n) is 8.96. The molecule has 0 saturated heterocycles. The summed E-state index contributed by atoms with van der Waals surface area (Å²) < 4.78 is 5.46. The van der Waals surface area contributed by atoms with Crippen LogP contribution >= 0.6 is 0 Å². The molecule has 2 atom stereocenters. The number of aliphatic hydroxyl groups excluding tert-OH is 2. The number of nitrogens with one attached hydrogen (secondary N) is 1. The Morgan fingerprint density at radius 2 is 0.765 bits per heavy atom. The number of carbonyl (C=O) groups excluding carboxylic acids is 2. The molecular weight excluding hydrogens is 839 g/mol. The lowest BCUT2D eigenvalue weighted by Gasteiger charge is -2.20. The van der Waals surface area contributed by atoms with Gasteiger partial charge in [0.1, 0.15) is 0 Å². The Morgan fingerprint density at radius 1 is 0.412 bits per heavy atom. The molecule has 1 amide bonds. The molecule has 0 aliphatic heterocycles. The molecule has 0 bridgehead atoms. The number of unbranched alkanes of at least 4 members (excludes halogenated alkanes) is 38. The van der Waals surface area contributed by atoms with Crippen LogP contribution < -0.4 is 5.32 Å². The Kier molecular flexibility index (Phi) is 55.6. The number of hydrogen-bond donors (Lipinski definition) is 3. The van der Waals surface area contributed by atoms with Gasteiger partial charge in [-0.1, -0.05) is 262 Å². The van der Waals surface area contributed by atoms with Gasteiger partial charge in [0, 0.05) is 12.8 Å². The van der Waals surface area contributed by atoms with Crippen molar-refractivity contribution < 1.29 is 24.5 Å². The predicted molar refractivity (Wildman–Crippen MR) is 296 cm³/mol. The quantitative estimate of drug-likeness (QED) is 0.0321. The van der Waals surface area contributed by atoms with E-state index in [4.69, 9.17) is 4.74 Å². The Morgan fingerprint density at radius 3 is 1.19 bits per heavy atom. The average molecular weight is 955 g/mol. The van der Waals surface area contributed by atoms with Crippen LogP contribution in [-0.2, 0) is 14.3 Å². The van der Waals surface area contributed by atoms with Crippen LogP contribution in [0.2, 0.25) is 0 Å². The van der Waals surface area contributed by atoms with Gasteiger partial charge in [0.15, 0.2) is 0 Å². The number of allylic oxidation sites excluding steroid dienone is 7. The molecule has 398 valence electrons. The summed E-state index contributed by atoms with van der Waals surface area (Å²) in [7, 11) is 0. The summed E-state index contributed by atoms with van der Waals surface area (Å²) in [5.74, 6) is -0.0766. The lowest BCUT2D eigenvalue weighted by Crippen LogP contribution is -2.45. The van der Waals surface area contributed by atoms with Gasteiger partial charge in [0.2, 0.25) is 5.91 Å². The smallest absolute Gasteiger partial charge is 0.305 e. The van der Waals surface area contributed by atoms with Gasteiger partial charge in [-0.05, 0) is 83.5 Å². The highest BCUT2D eigenvalue weighted by Crippen LogP contribution is 2.16. The third-order valence-corrected chi connectivity index (χ3v) is 13.5. The summed E-state index contributed by atoms with van der Waals surface area (Å²) in [6.45, 7) is 4.83. The Bertz CT molecular complexity index is 1150. The van der Waals surface area contributed by atoms with Crippen molar-refractivity contribution in [1.82, 2.24) is 5.32 Å². The van der Waals surface area contributed by atoms with E-state index in [0.29, 0.717) is 19.4 Å². The number of aliphatic hydroxyl groups is 2. The van der Waals surface area contributed by atoms with Gasteiger partial charge >= 0.3 is 5.97 Å². The van der Waals surface area contributed by atoms with Crippen molar-refractivity contribution in [3.05, 3.63) is 48.6 Å². The number of hydrogen-bond acceptors (Lipinski definition) is 5. The number of ether oxygens (including phenoxy) is 1. The van der Waals surface area contributed by atoms with Gasteiger partial charge in [0.25, 0.3) is 0 Å². The van der Waals surface area contributed by atoms with E-state index in [1.54, 1.807) is 6.08 Å². The van der Waals surface area contributed by atoms with E-state index in [9.17, 15) is 19.8 Å². The molecule has 0 heterocycles. The Hall–Kier alpha value is -2.18. The Labute approximate surface area is 423 Å². The van der Waals surface area contributed by atoms with Crippen LogP contribution in [0.3, 0.4) is 0 Å². The molecule has 6 nitrogen and oxygen atoms in total. The molecule has 0 fully saturated rings. The Balaban J connectivity index is 3.43. The van der Waals surface area contributed by atoms with Crippen LogP contribution in [0.5, 0.6) is 0 Å². The topological polar surface area (TPSA) is 95.9 Å². The second-order valence-electron chi connectivity index (χ2n) is 20.3. The van der Waals surface area contributed by atoms with Crippen molar-refractivity contribution in [2.24, 2.45) is 0 Å². The number of esters is 1. The third kappa shape index (κ3) is 53.2. The molecule has 0 aromatic rings. The molecule has 0 saturated carbocycles. The molecule has 0 spiro atoms. The summed E-state index contributed by atoms with van der Waals surface area (Å²) in [5, 5.41) is 23.1. The van der Waals surface area contributed by atoms with Crippen molar-refractivity contribution in [1.29, 1.82) is 0 Å². The molecule has 3 N–H and O–H groups in total. The molecule has 0 aromatic carbocycles. The van der Waals surface area contributed by atoms with Crippen molar-refractivity contribution in [2.45, 2.75) is 321 Å². The van der Waals surface area contributed by atoms with E-state index < -0.39 is 12.1 Å². The van der Waals surface area contributed by atoms with Crippen LogP contribution in [0.1, 0.15) is 309 Å². The SMILES string of the molecule is CCC/C=C\C/C=C\CCCCCCCC(=O)OCCCCCCCCCCCCCC/C=C\CCCCCCCCCCC(=O)NC(CO)C(O)/C=C/CCCCCCCCCCCCCC. The van der Waals surface area contributed by atoms with Crippen molar-refractivity contribution in [3.63, 3.8) is 0 Å². The molecule has 0 aliphatic rings. The maximum absolute atomic E-state index is 12.4.